The fourth-order valence-corrected chi connectivity index (χ4v) is 1.77. The molecule has 0 fully saturated rings. The van der Waals surface area contributed by atoms with Crippen LogP contribution in [0, 0.1) is 0 Å². The average Bonchev–Trinajstić information content (AvgIpc) is 2.44. The van der Waals surface area contributed by atoms with Crippen molar-refractivity contribution in [1.29, 1.82) is 0 Å². The maximum absolute atomic E-state index is 11.4. The lowest BCUT2D eigenvalue weighted by molar-refractivity contribution is -0.132. The zero-order valence-corrected chi connectivity index (χ0v) is 11.2. The van der Waals surface area contributed by atoms with Crippen LogP contribution in [0.4, 0.5) is 0 Å². The summed E-state index contributed by atoms with van der Waals surface area (Å²) in [6.45, 7) is 1.09. The van der Waals surface area contributed by atoms with E-state index in [0.29, 0.717) is 26.0 Å². The third kappa shape index (κ3) is 8.15. The lowest BCUT2D eigenvalue weighted by Crippen LogP contribution is -2.24. The minimum Gasteiger partial charge on any atom is -0.359 e. The first-order chi connectivity index (χ1) is 9.33. The number of carbonyl (C=O) groups is 2. The van der Waals surface area contributed by atoms with Crippen LogP contribution in [0.25, 0.3) is 0 Å². The van der Waals surface area contributed by atoms with Crippen LogP contribution in [-0.2, 0) is 14.4 Å². The van der Waals surface area contributed by atoms with E-state index in [0.717, 1.165) is 37.7 Å². The Morgan fingerprint density at radius 2 is 2.21 bits per heavy atom. The number of rotatable bonds is 10. The van der Waals surface area contributed by atoms with E-state index < -0.39 is 0 Å². The Hall–Kier alpha value is -1.62. The summed E-state index contributed by atoms with van der Waals surface area (Å²) in [5.41, 5.74) is 3.55. The van der Waals surface area contributed by atoms with E-state index >= 15 is 0 Å². The van der Waals surface area contributed by atoms with Gasteiger partial charge in [-0.1, -0.05) is 24.6 Å². The van der Waals surface area contributed by atoms with E-state index in [2.05, 4.69) is 22.9 Å². The molecule has 0 bridgehead atoms. The Kier molecular flexibility index (Phi) is 8.38. The SMILES string of the molecule is O=CNCCCCCC(=O)NOCC1=CCCC=C1. The van der Waals surface area contributed by atoms with Crippen LogP contribution >= 0.6 is 0 Å². The van der Waals surface area contributed by atoms with Crippen LogP contribution in [0.2, 0.25) is 0 Å². The van der Waals surface area contributed by atoms with Crippen LogP contribution in [-0.4, -0.2) is 25.5 Å². The molecule has 5 nitrogen and oxygen atoms in total. The number of hydroxylamine groups is 1. The zero-order valence-electron chi connectivity index (χ0n) is 11.2. The summed E-state index contributed by atoms with van der Waals surface area (Å²) in [6, 6.07) is 0. The molecule has 106 valence electrons. The maximum atomic E-state index is 11.4. The molecule has 1 aliphatic rings. The van der Waals surface area contributed by atoms with Gasteiger partial charge in [0.1, 0.15) is 0 Å². The molecule has 0 unspecified atom stereocenters. The summed E-state index contributed by atoms with van der Waals surface area (Å²) >= 11 is 0. The molecule has 2 N–H and O–H groups in total. The van der Waals surface area contributed by atoms with Crippen molar-refractivity contribution in [2.24, 2.45) is 0 Å². The fourth-order valence-electron chi connectivity index (χ4n) is 1.77. The molecule has 1 rings (SSSR count). The maximum Gasteiger partial charge on any atom is 0.243 e. The van der Waals surface area contributed by atoms with Gasteiger partial charge >= 0.3 is 0 Å². The summed E-state index contributed by atoms with van der Waals surface area (Å²) in [4.78, 5) is 26.6. The Morgan fingerprint density at radius 3 is 2.95 bits per heavy atom. The lowest BCUT2D eigenvalue weighted by atomic mass is 10.1. The number of allylic oxidation sites excluding steroid dienone is 2. The molecular weight excluding hydrogens is 244 g/mol. The molecule has 0 spiro atoms. The molecule has 0 aromatic heterocycles. The van der Waals surface area contributed by atoms with Gasteiger partial charge in [-0.15, -0.1) is 0 Å². The minimum atomic E-state index is -0.0938. The third-order valence-electron chi connectivity index (χ3n) is 2.80. The van der Waals surface area contributed by atoms with E-state index in [1.807, 2.05) is 6.08 Å². The van der Waals surface area contributed by atoms with Crippen LogP contribution in [0.3, 0.4) is 0 Å². The number of carbonyl (C=O) groups excluding carboxylic acids is 2. The van der Waals surface area contributed by atoms with Gasteiger partial charge in [-0.25, -0.2) is 5.48 Å². The highest BCUT2D eigenvalue weighted by Crippen LogP contribution is 2.09. The number of hydrogen-bond donors (Lipinski definition) is 2. The number of nitrogens with one attached hydrogen (secondary N) is 2. The molecule has 0 atom stereocenters. The summed E-state index contributed by atoms with van der Waals surface area (Å²) in [5, 5.41) is 2.59. The van der Waals surface area contributed by atoms with E-state index in [1.165, 1.54) is 0 Å². The van der Waals surface area contributed by atoms with Crippen molar-refractivity contribution in [2.75, 3.05) is 13.2 Å². The van der Waals surface area contributed by atoms with E-state index in [4.69, 9.17) is 4.84 Å². The van der Waals surface area contributed by atoms with Gasteiger partial charge in [-0.2, -0.15) is 0 Å². The second-order valence-corrected chi connectivity index (χ2v) is 4.46. The van der Waals surface area contributed by atoms with E-state index in [-0.39, 0.29) is 5.91 Å². The Labute approximate surface area is 114 Å². The molecule has 0 saturated heterocycles. The first kappa shape index (κ1) is 15.4. The first-order valence-electron chi connectivity index (χ1n) is 6.76. The first-order valence-corrected chi connectivity index (χ1v) is 6.76. The highest BCUT2D eigenvalue weighted by atomic mass is 16.6. The van der Waals surface area contributed by atoms with Gasteiger partial charge in [0.15, 0.2) is 0 Å². The Morgan fingerprint density at radius 1 is 1.32 bits per heavy atom. The summed E-state index contributed by atoms with van der Waals surface area (Å²) in [7, 11) is 0. The molecule has 0 saturated carbocycles. The second kappa shape index (κ2) is 10.3. The van der Waals surface area contributed by atoms with Crippen molar-refractivity contribution in [1.82, 2.24) is 10.8 Å². The molecule has 0 aromatic carbocycles. The van der Waals surface area contributed by atoms with Crippen molar-refractivity contribution < 1.29 is 14.4 Å². The molecule has 0 aliphatic heterocycles. The Bertz CT molecular complexity index is 338. The van der Waals surface area contributed by atoms with Crippen molar-refractivity contribution >= 4 is 12.3 Å². The summed E-state index contributed by atoms with van der Waals surface area (Å²) in [5.74, 6) is -0.0938. The van der Waals surface area contributed by atoms with Crippen LogP contribution < -0.4 is 10.8 Å². The normalized spacial score (nSPS) is 13.8. The van der Waals surface area contributed by atoms with Gasteiger partial charge in [-0.05, 0) is 31.3 Å². The van der Waals surface area contributed by atoms with E-state index in [9.17, 15) is 9.59 Å². The van der Waals surface area contributed by atoms with Crippen molar-refractivity contribution in [2.45, 2.75) is 38.5 Å². The average molecular weight is 266 g/mol. The van der Waals surface area contributed by atoms with Crippen LogP contribution in [0.5, 0.6) is 0 Å². The molecule has 19 heavy (non-hydrogen) atoms. The number of hydrogen-bond acceptors (Lipinski definition) is 3. The van der Waals surface area contributed by atoms with Gasteiger partial charge < -0.3 is 5.32 Å². The zero-order chi connectivity index (χ0) is 13.8. The fraction of sp³-hybridized carbons (Fsp3) is 0.571. The van der Waals surface area contributed by atoms with Gasteiger partial charge in [0.25, 0.3) is 0 Å². The Balaban J connectivity index is 1.94. The topological polar surface area (TPSA) is 67.4 Å². The molecule has 5 heteroatoms. The highest BCUT2D eigenvalue weighted by molar-refractivity contribution is 5.74. The quantitative estimate of drug-likeness (QED) is 0.359. The molecule has 0 aromatic rings. The van der Waals surface area contributed by atoms with Crippen LogP contribution in [0.15, 0.2) is 23.8 Å². The molecular formula is C14H22N2O3. The van der Waals surface area contributed by atoms with Crippen LogP contribution in [0.1, 0.15) is 38.5 Å². The van der Waals surface area contributed by atoms with Crippen molar-refractivity contribution in [3.63, 3.8) is 0 Å². The van der Waals surface area contributed by atoms with Gasteiger partial charge in [0.2, 0.25) is 12.3 Å². The standard InChI is InChI=1S/C14H22N2O3/c17-12-15-10-6-2-5-9-14(18)16-19-11-13-7-3-1-4-8-13/h3,7-8,12H,1-2,4-6,9-11H2,(H,15,17)(H,16,18). The predicted molar refractivity (Wildman–Crippen MR) is 73.1 cm³/mol. The van der Waals surface area contributed by atoms with Gasteiger partial charge in [0.05, 0.1) is 6.61 Å². The van der Waals surface area contributed by atoms with E-state index in [1.54, 1.807) is 0 Å². The third-order valence-corrected chi connectivity index (χ3v) is 2.80. The molecule has 0 heterocycles. The van der Waals surface area contributed by atoms with Crippen molar-refractivity contribution in [3.8, 4) is 0 Å². The highest BCUT2D eigenvalue weighted by Gasteiger charge is 2.02. The minimum absolute atomic E-state index is 0.0938. The molecule has 2 amide bonds. The summed E-state index contributed by atoms with van der Waals surface area (Å²) < 4.78 is 0. The number of unbranched alkanes of at least 4 members (excludes halogenated alkanes) is 2. The largest absolute Gasteiger partial charge is 0.359 e. The molecule has 0 radical (unpaired) electrons. The van der Waals surface area contributed by atoms with Gasteiger partial charge in [0, 0.05) is 13.0 Å². The second-order valence-electron chi connectivity index (χ2n) is 4.46. The van der Waals surface area contributed by atoms with Crippen molar-refractivity contribution in [3.05, 3.63) is 23.8 Å². The molecule has 1 aliphatic carbocycles. The van der Waals surface area contributed by atoms with Gasteiger partial charge in [-0.3, -0.25) is 14.4 Å². The predicted octanol–water partition coefficient (Wildman–Crippen LogP) is 1.62. The smallest absolute Gasteiger partial charge is 0.243 e. The lowest BCUT2D eigenvalue weighted by Gasteiger charge is -2.08. The monoisotopic (exact) mass is 266 g/mol. The number of amides is 2. The summed E-state index contributed by atoms with van der Waals surface area (Å²) in [6.07, 6.45) is 12.1.